The molecule has 0 spiro atoms. The molecule has 1 aromatic carbocycles. The average molecular weight is 303 g/mol. The molecule has 0 N–H and O–H groups in total. The van der Waals surface area contributed by atoms with Crippen LogP contribution in [0.5, 0.6) is 5.75 Å². The Labute approximate surface area is 127 Å². The molecule has 0 radical (unpaired) electrons. The van der Waals surface area contributed by atoms with Crippen LogP contribution in [0.1, 0.15) is 10.5 Å². The molecule has 0 aliphatic carbocycles. The summed E-state index contributed by atoms with van der Waals surface area (Å²) >= 11 is 1.45. The van der Waals surface area contributed by atoms with Crippen molar-refractivity contribution in [2.24, 2.45) is 0 Å². The van der Waals surface area contributed by atoms with E-state index in [0.29, 0.717) is 18.8 Å². The summed E-state index contributed by atoms with van der Waals surface area (Å²) in [6.07, 6.45) is 0. The minimum absolute atomic E-state index is 0.0240. The Bertz CT molecular complexity index is 607. The lowest BCUT2D eigenvalue weighted by molar-refractivity contribution is 0.0741. The molecule has 1 aromatic heterocycles. The van der Waals surface area contributed by atoms with Crippen molar-refractivity contribution in [2.75, 3.05) is 38.2 Å². The zero-order chi connectivity index (χ0) is 14.7. The van der Waals surface area contributed by atoms with Crippen LogP contribution in [-0.4, -0.2) is 49.1 Å². The first-order valence-corrected chi connectivity index (χ1v) is 7.79. The van der Waals surface area contributed by atoms with Gasteiger partial charge >= 0.3 is 0 Å². The maximum absolute atomic E-state index is 12.3. The second kappa shape index (κ2) is 6.13. The summed E-state index contributed by atoms with van der Waals surface area (Å²) in [7, 11) is 1.68. The molecule has 0 bridgehead atoms. The van der Waals surface area contributed by atoms with Crippen molar-refractivity contribution in [3.63, 3.8) is 0 Å². The largest absolute Gasteiger partial charge is 0.495 e. The van der Waals surface area contributed by atoms with Crippen LogP contribution in [0.25, 0.3) is 0 Å². The fraction of sp³-hybridized carbons (Fsp3) is 0.333. The number of para-hydroxylation sites is 2. The van der Waals surface area contributed by atoms with Crippen molar-refractivity contribution in [3.05, 3.63) is 40.8 Å². The number of carbonyl (C=O) groups excluding carboxylic acids is 1. The van der Waals surface area contributed by atoms with Gasteiger partial charge in [0.15, 0.2) is 0 Å². The van der Waals surface area contributed by atoms with Crippen LogP contribution in [0.15, 0.2) is 35.2 Å². The molecule has 1 aliphatic heterocycles. The first-order valence-electron chi connectivity index (χ1n) is 6.85. The number of benzene rings is 1. The van der Waals surface area contributed by atoms with Gasteiger partial charge in [0.25, 0.3) is 5.91 Å². The molecule has 1 saturated heterocycles. The zero-order valence-electron chi connectivity index (χ0n) is 11.9. The molecule has 2 heterocycles. The summed E-state index contributed by atoms with van der Waals surface area (Å²) in [4.78, 5) is 20.5. The highest BCUT2D eigenvalue weighted by atomic mass is 32.1. The summed E-state index contributed by atoms with van der Waals surface area (Å²) in [6.45, 7) is 3.01. The number of methoxy groups -OCH3 is 1. The van der Waals surface area contributed by atoms with Gasteiger partial charge in [0.2, 0.25) is 0 Å². The standard InChI is InChI=1S/C15H17N3O2S/c1-20-14-5-3-2-4-13(14)17-6-8-18(9-7-17)15(19)12-10-21-11-16-12/h2-5,10-11H,6-9H2,1H3. The smallest absolute Gasteiger partial charge is 0.273 e. The van der Waals surface area contributed by atoms with Crippen molar-refractivity contribution < 1.29 is 9.53 Å². The number of anilines is 1. The number of rotatable bonds is 3. The molecule has 0 unspecified atom stereocenters. The van der Waals surface area contributed by atoms with E-state index in [-0.39, 0.29) is 5.91 Å². The summed E-state index contributed by atoms with van der Waals surface area (Å²) < 4.78 is 5.40. The number of carbonyl (C=O) groups is 1. The van der Waals surface area contributed by atoms with Crippen LogP contribution in [0, 0.1) is 0 Å². The molecule has 110 valence electrons. The predicted molar refractivity (Wildman–Crippen MR) is 83.2 cm³/mol. The number of hydrogen-bond donors (Lipinski definition) is 0. The topological polar surface area (TPSA) is 45.7 Å². The summed E-state index contributed by atoms with van der Waals surface area (Å²) in [5.41, 5.74) is 3.32. The number of hydrogen-bond acceptors (Lipinski definition) is 5. The van der Waals surface area contributed by atoms with Gasteiger partial charge in [-0.1, -0.05) is 12.1 Å². The third-order valence-electron chi connectivity index (χ3n) is 3.64. The van der Waals surface area contributed by atoms with Crippen LogP contribution in [0.4, 0.5) is 5.69 Å². The van der Waals surface area contributed by atoms with Crippen LogP contribution in [0.2, 0.25) is 0 Å². The number of aromatic nitrogens is 1. The molecule has 3 rings (SSSR count). The molecule has 0 saturated carbocycles. The number of nitrogens with zero attached hydrogens (tertiary/aromatic N) is 3. The van der Waals surface area contributed by atoms with Gasteiger partial charge in [0.1, 0.15) is 11.4 Å². The van der Waals surface area contributed by atoms with Gasteiger partial charge in [-0.2, -0.15) is 0 Å². The first-order chi connectivity index (χ1) is 10.3. The summed E-state index contributed by atoms with van der Waals surface area (Å²) in [5, 5.41) is 1.80. The minimum atomic E-state index is 0.0240. The van der Waals surface area contributed by atoms with Gasteiger partial charge in [-0.15, -0.1) is 11.3 Å². The highest BCUT2D eigenvalue weighted by molar-refractivity contribution is 7.07. The van der Waals surface area contributed by atoms with E-state index in [1.54, 1.807) is 18.0 Å². The van der Waals surface area contributed by atoms with E-state index in [4.69, 9.17) is 4.74 Å². The van der Waals surface area contributed by atoms with Crippen LogP contribution in [-0.2, 0) is 0 Å². The molecule has 6 heteroatoms. The third-order valence-corrected chi connectivity index (χ3v) is 4.23. The van der Waals surface area contributed by atoms with E-state index >= 15 is 0 Å². The molecule has 5 nitrogen and oxygen atoms in total. The Kier molecular flexibility index (Phi) is 4.06. The summed E-state index contributed by atoms with van der Waals surface area (Å²) in [5.74, 6) is 0.896. The summed E-state index contributed by atoms with van der Waals surface area (Å²) in [6, 6.07) is 7.98. The second-order valence-corrected chi connectivity index (χ2v) is 5.54. The monoisotopic (exact) mass is 303 g/mol. The lowest BCUT2D eigenvalue weighted by atomic mass is 10.2. The van der Waals surface area contributed by atoms with Gasteiger partial charge < -0.3 is 14.5 Å². The third kappa shape index (κ3) is 2.85. The van der Waals surface area contributed by atoms with E-state index in [1.165, 1.54) is 11.3 Å². The van der Waals surface area contributed by atoms with Crippen LogP contribution < -0.4 is 9.64 Å². The fourth-order valence-corrected chi connectivity index (χ4v) is 3.05. The SMILES string of the molecule is COc1ccccc1N1CCN(C(=O)c2cscn2)CC1. The van der Waals surface area contributed by atoms with Gasteiger partial charge in [-0.05, 0) is 12.1 Å². The Balaban J connectivity index is 1.66. The molecule has 21 heavy (non-hydrogen) atoms. The maximum Gasteiger partial charge on any atom is 0.273 e. The maximum atomic E-state index is 12.3. The van der Waals surface area contributed by atoms with Crippen molar-refractivity contribution in [1.29, 1.82) is 0 Å². The molecule has 2 aromatic rings. The van der Waals surface area contributed by atoms with Crippen molar-refractivity contribution >= 4 is 22.9 Å². The molecule has 1 aliphatic rings. The van der Waals surface area contributed by atoms with Crippen molar-refractivity contribution in [2.45, 2.75) is 0 Å². The predicted octanol–water partition coefficient (Wildman–Crippen LogP) is 2.11. The second-order valence-electron chi connectivity index (χ2n) is 4.82. The van der Waals surface area contributed by atoms with E-state index < -0.39 is 0 Å². The number of ether oxygens (including phenoxy) is 1. The Morgan fingerprint density at radius 1 is 1.24 bits per heavy atom. The first kappa shape index (κ1) is 13.9. The van der Waals surface area contributed by atoms with E-state index in [2.05, 4.69) is 16.0 Å². The van der Waals surface area contributed by atoms with Crippen molar-refractivity contribution in [3.8, 4) is 5.75 Å². The highest BCUT2D eigenvalue weighted by Crippen LogP contribution is 2.28. The van der Waals surface area contributed by atoms with Gasteiger partial charge in [-0.25, -0.2) is 4.98 Å². The van der Waals surface area contributed by atoms with Gasteiger partial charge in [0, 0.05) is 31.6 Å². The van der Waals surface area contributed by atoms with Crippen molar-refractivity contribution in [1.82, 2.24) is 9.88 Å². The zero-order valence-corrected chi connectivity index (χ0v) is 12.7. The number of piperazine rings is 1. The number of thiazole rings is 1. The van der Waals surface area contributed by atoms with E-state index in [1.807, 2.05) is 23.1 Å². The lowest BCUT2D eigenvalue weighted by Gasteiger charge is -2.36. The van der Waals surface area contributed by atoms with Gasteiger partial charge in [-0.3, -0.25) is 4.79 Å². The van der Waals surface area contributed by atoms with Crippen LogP contribution >= 0.6 is 11.3 Å². The van der Waals surface area contributed by atoms with Gasteiger partial charge in [0.05, 0.1) is 18.3 Å². The quantitative estimate of drug-likeness (QED) is 0.871. The normalized spacial score (nSPS) is 15.1. The average Bonchev–Trinajstić information content (AvgIpc) is 3.09. The molecular weight excluding hydrogens is 286 g/mol. The molecule has 1 fully saturated rings. The molecule has 1 amide bonds. The molecular formula is C15H17N3O2S. The van der Waals surface area contributed by atoms with E-state index in [9.17, 15) is 4.79 Å². The Morgan fingerprint density at radius 2 is 2.00 bits per heavy atom. The molecule has 0 atom stereocenters. The minimum Gasteiger partial charge on any atom is -0.495 e. The fourth-order valence-electron chi connectivity index (χ4n) is 2.52. The van der Waals surface area contributed by atoms with Crippen LogP contribution in [0.3, 0.4) is 0 Å². The Hall–Kier alpha value is -2.08. The number of amides is 1. The van der Waals surface area contributed by atoms with E-state index in [0.717, 1.165) is 24.5 Å². The Morgan fingerprint density at radius 3 is 2.67 bits per heavy atom. The highest BCUT2D eigenvalue weighted by Gasteiger charge is 2.24. The lowest BCUT2D eigenvalue weighted by Crippen LogP contribution is -2.49.